The van der Waals surface area contributed by atoms with E-state index in [-0.39, 0.29) is 0 Å². The van der Waals surface area contributed by atoms with Crippen LogP contribution in [0.2, 0.25) is 5.02 Å². The highest BCUT2D eigenvalue weighted by atomic mass is 35.5. The van der Waals surface area contributed by atoms with E-state index in [1.807, 2.05) is 31.2 Å². The number of halogens is 1. The van der Waals surface area contributed by atoms with Gasteiger partial charge in [-0.25, -0.2) is 0 Å². The summed E-state index contributed by atoms with van der Waals surface area (Å²) in [6.07, 6.45) is 0. The number of hydrogen-bond donors (Lipinski definition) is 0. The fraction of sp³-hybridized carbons (Fsp3) is 0.200. The number of rotatable bonds is 0. The molecule has 2 aromatic rings. The van der Waals surface area contributed by atoms with Crippen LogP contribution < -0.4 is 0 Å². The Labute approximate surface area is 103 Å². The summed E-state index contributed by atoms with van der Waals surface area (Å²) in [6, 6.07) is 16.2. The smallest absolute Gasteiger partial charge is 0.0406 e. The molecule has 16 heavy (non-hydrogen) atoms. The topological polar surface area (TPSA) is 0 Å². The SMILES string of the molecule is Cc1ccc(Cl)cc1.Cc1cccc(C)c1. The molecule has 0 unspecified atom stereocenters. The molecule has 84 valence electrons. The molecule has 0 saturated heterocycles. The van der Waals surface area contributed by atoms with Gasteiger partial charge >= 0.3 is 0 Å². The van der Waals surface area contributed by atoms with E-state index in [0.717, 1.165) is 5.02 Å². The summed E-state index contributed by atoms with van der Waals surface area (Å²) >= 11 is 5.61. The average molecular weight is 233 g/mol. The van der Waals surface area contributed by atoms with E-state index in [4.69, 9.17) is 11.6 Å². The molecule has 0 aliphatic rings. The average Bonchev–Trinajstić information content (AvgIpc) is 2.23. The highest BCUT2D eigenvalue weighted by Crippen LogP contribution is 2.07. The van der Waals surface area contributed by atoms with E-state index < -0.39 is 0 Å². The van der Waals surface area contributed by atoms with Gasteiger partial charge in [0, 0.05) is 5.02 Å². The molecule has 0 aliphatic heterocycles. The highest BCUT2D eigenvalue weighted by molar-refractivity contribution is 6.30. The van der Waals surface area contributed by atoms with Crippen molar-refractivity contribution in [2.45, 2.75) is 20.8 Å². The molecule has 0 radical (unpaired) electrons. The lowest BCUT2D eigenvalue weighted by Crippen LogP contribution is -1.71. The largest absolute Gasteiger partial charge is 0.0843 e. The second-order valence-electron chi connectivity index (χ2n) is 3.95. The summed E-state index contributed by atoms with van der Waals surface area (Å²) in [5.74, 6) is 0. The minimum absolute atomic E-state index is 0.801. The van der Waals surface area contributed by atoms with Crippen LogP contribution in [-0.2, 0) is 0 Å². The first-order chi connectivity index (χ1) is 7.58. The van der Waals surface area contributed by atoms with Gasteiger partial charge in [-0.05, 0) is 32.9 Å². The molecule has 2 rings (SSSR count). The lowest BCUT2D eigenvalue weighted by molar-refractivity contribution is 1.39. The molecule has 0 aliphatic carbocycles. The van der Waals surface area contributed by atoms with E-state index in [0.29, 0.717) is 0 Å². The van der Waals surface area contributed by atoms with Gasteiger partial charge in [0.2, 0.25) is 0 Å². The van der Waals surface area contributed by atoms with Crippen LogP contribution in [0.4, 0.5) is 0 Å². The standard InChI is InChI=1S/C8H10.C7H7Cl/c1-7-4-3-5-8(2)6-7;1-6-2-4-7(8)5-3-6/h3-6H,1-2H3;2-5H,1H3. The van der Waals surface area contributed by atoms with Gasteiger partial charge in [0.05, 0.1) is 0 Å². The van der Waals surface area contributed by atoms with Crippen LogP contribution in [0.1, 0.15) is 16.7 Å². The summed E-state index contributed by atoms with van der Waals surface area (Å²) in [6.45, 7) is 6.25. The van der Waals surface area contributed by atoms with E-state index in [9.17, 15) is 0 Å². The Morgan fingerprint density at radius 3 is 1.50 bits per heavy atom. The molecular weight excluding hydrogens is 216 g/mol. The normalized spacial score (nSPS) is 9.25. The van der Waals surface area contributed by atoms with Crippen molar-refractivity contribution in [3.8, 4) is 0 Å². The Balaban J connectivity index is 0.000000160. The summed E-state index contributed by atoms with van der Waals surface area (Å²) in [5.41, 5.74) is 3.92. The first kappa shape index (κ1) is 12.8. The van der Waals surface area contributed by atoms with Crippen molar-refractivity contribution >= 4 is 11.6 Å². The third kappa shape index (κ3) is 4.99. The van der Waals surface area contributed by atoms with Gasteiger partial charge in [0.15, 0.2) is 0 Å². The fourth-order valence-corrected chi connectivity index (χ4v) is 1.47. The van der Waals surface area contributed by atoms with E-state index in [1.165, 1.54) is 16.7 Å². The first-order valence-corrected chi connectivity index (χ1v) is 5.71. The van der Waals surface area contributed by atoms with Crippen molar-refractivity contribution in [3.63, 3.8) is 0 Å². The number of aryl methyl sites for hydroxylation is 3. The zero-order chi connectivity index (χ0) is 12.0. The third-order valence-electron chi connectivity index (χ3n) is 2.18. The Kier molecular flexibility index (Phi) is 5.07. The highest BCUT2D eigenvalue weighted by Gasteiger charge is 1.82. The second-order valence-corrected chi connectivity index (χ2v) is 4.39. The quantitative estimate of drug-likeness (QED) is 0.603. The maximum atomic E-state index is 5.61. The number of benzene rings is 2. The van der Waals surface area contributed by atoms with Gasteiger partial charge in [-0.3, -0.25) is 0 Å². The zero-order valence-corrected chi connectivity index (χ0v) is 10.8. The summed E-state index contributed by atoms with van der Waals surface area (Å²) in [4.78, 5) is 0. The predicted molar refractivity (Wildman–Crippen MR) is 72.1 cm³/mol. The van der Waals surface area contributed by atoms with Gasteiger partial charge in [0.1, 0.15) is 0 Å². The molecular formula is C15H17Cl. The van der Waals surface area contributed by atoms with Crippen molar-refractivity contribution in [3.05, 3.63) is 70.2 Å². The maximum absolute atomic E-state index is 5.61. The van der Waals surface area contributed by atoms with Crippen molar-refractivity contribution < 1.29 is 0 Å². The van der Waals surface area contributed by atoms with Crippen LogP contribution in [0, 0.1) is 20.8 Å². The Bertz CT molecular complexity index is 391. The molecule has 0 aromatic heterocycles. The summed E-state index contributed by atoms with van der Waals surface area (Å²) in [7, 11) is 0. The molecule has 0 fully saturated rings. The van der Waals surface area contributed by atoms with Gasteiger partial charge in [-0.15, -0.1) is 0 Å². The zero-order valence-electron chi connectivity index (χ0n) is 10.00. The first-order valence-electron chi connectivity index (χ1n) is 5.33. The molecule has 0 atom stereocenters. The van der Waals surface area contributed by atoms with Crippen molar-refractivity contribution in [1.29, 1.82) is 0 Å². The molecule has 1 heteroatoms. The Hall–Kier alpha value is -1.27. The lowest BCUT2D eigenvalue weighted by atomic mass is 10.2. The Morgan fingerprint density at radius 2 is 1.19 bits per heavy atom. The van der Waals surface area contributed by atoms with Crippen molar-refractivity contribution in [2.75, 3.05) is 0 Å². The maximum Gasteiger partial charge on any atom is 0.0406 e. The molecule has 0 saturated carbocycles. The fourth-order valence-electron chi connectivity index (χ4n) is 1.34. The molecule has 0 heterocycles. The minimum atomic E-state index is 0.801. The van der Waals surface area contributed by atoms with Crippen molar-refractivity contribution in [1.82, 2.24) is 0 Å². The van der Waals surface area contributed by atoms with E-state index in [1.54, 1.807) is 0 Å². The van der Waals surface area contributed by atoms with Gasteiger partial charge in [0.25, 0.3) is 0 Å². The molecule has 0 N–H and O–H groups in total. The lowest BCUT2D eigenvalue weighted by Gasteiger charge is -1.90. The number of hydrogen-bond acceptors (Lipinski definition) is 0. The molecule has 0 spiro atoms. The molecule has 0 nitrogen and oxygen atoms in total. The van der Waals surface area contributed by atoms with Crippen LogP contribution in [0.5, 0.6) is 0 Å². The van der Waals surface area contributed by atoms with Crippen LogP contribution in [0.15, 0.2) is 48.5 Å². The second kappa shape index (κ2) is 6.34. The minimum Gasteiger partial charge on any atom is -0.0843 e. The van der Waals surface area contributed by atoms with E-state index in [2.05, 4.69) is 38.1 Å². The van der Waals surface area contributed by atoms with Gasteiger partial charge in [-0.1, -0.05) is 64.7 Å². The van der Waals surface area contributed by atoms with Crippen LogP contribution in [-0.4, -0.2) is 0 Å². The summed E-state index contributed by atoms with van der Waals surface area (Å²) < 4.78 is 0. The van der Waals surface area contributed by atoms with E-state index >= 15 is 0 Å². The van der Waals surface area contributed by atoms with Crippen LogP contribution >= 0.6 is 11.6 Å². The molecule has 0 amide bonds. The molecule has 2 aromatic carbocycles. The van der Waals surface area contributed by atoms with Crippen LogP contribution in [0.25, 0.3) is 0 Å². The summed E-state index contributed by atoms with van der Waals surface area (Å²) in [5, 5.41) is 0.801. The van der Waals surface area contributed by atoms with Gasteiger partial charge in [-0.2, -0.15) is 0 Å². The van der Waals surface area contributed by atoms with Crippen LogP contribution in [0.3, 0.4) is 0 Å². The van der Waals surface area contributed by atoms with Gasteiger partial charge < -0.3 is 0 Å². The predicted octanol–water partition coefficient (Wildman–Crippen LogP) is 4.95. The monoisotopic (exact) mass is 232 g/mol. The molecule has 0 bridgehead atoms. The van der Waals surface area contributed by atoms with Crippen molar-refractivity contribution in [2.24, 2.45) is 0 Å². The third-order valence-corrected chi connectivity index (χ3v) is 2.44. The Morgan fingerprint density at radius 1 is 0.688 bits per heavy atom.